The maximum atomic E-state index is 11.6. The van der Waals surface area contributed by atoms with E-state index < -0.39 is 0 Å². The highest BCUT2D eigenvalue weighted by Crippen LogP contribution is 2.42. The molecular formula is C22H38O2. The standard InChI is InChI=1S/C22H38O2/c1-3-5-17-24-22(23)16-11-19-9-14-21(15-10-19)20-12-7-18(6-4-2)8-13-20/h11,16,18-21H,3-10,12-15,17H2,1-2H3/b16-11+. The quantitative estimate of drug-likeness (QED) is 0.296. The first-order chi connectivity index (χ1) is 11.7. The highest BCUT2D eigenvalue weighted by Gasteiger charge is 2.30. The molecule has 0 aliphatic heterocycles. The van der Waals surface area contributed by atoms with Crippen molar-refractivity contribution in [3.63, 3.8) is 0 Å². The molecule has 0 unspecified atom stereocenters. The fraction of sp³-hybridized carbons (Fsp3) is 0.864. The van der Waals surface area contributed by atoms with E-state index in [0.29, 0.717) is 12.5 Å². The average Bonchev–Trinajstić information content (AvgIpc) is 2.62. The number of allylic oxidation sites excluding steroid dienone is 1. The Morgan fingerprint density at radius 1 is 0.917 bits per heavy atom. The number of ether oxygens (including phenoxy) is 1. The highest BCUT2D eigenvalue weighted by atomic mass is 16.5. The van der Waals surface area contributed by atoms with Crippen LogP contribution in [0.15, 0.2) is 12.2 Å². The van der Waals surface area contributed by atoms with Crippen LogP contribution in [0.5, 0.6) is 0 Å². The number of carbonyl (C=O) groups is 1. The van der Waals surface area contributed by atoms with E-state index in [1.807, 2.05) is 0 Å². The van der Waals surface area contributed by atoms with Gasteiger partial charge in [-0.3, -0.25) is 0 Å². The van der Waals surface area contributed by atoms with Gasteiger partial charge in [0.15, 0.2) is 0 Å². The topological polar surface area (TPSA) is 26.3 Å². The van der Waals surface area contributed by atoms with Crippen LogP contribution >= 0.6 is 0 Å². The van der Waals surface area contributed by atoms with Crippen LogP contribution in [0, 0.1) is 23.7 Å². The minimum Gasteiger partial charge on any atom is -0.463 e. The molecule has 2 nitrogen and oxygen atoms in total. The summed E-state index contributed by atoms with van der Waals surface area (Å²) in [6, 6.07) is 0. The van der Waals surface area contributed by atoms with Gasteiger partial charge in [-0.25, -0.2) is 4.79 Å². The Bertz CT molecular complexity index is 371. The lowest BCUT2D eigenvalue weighted by Crippen LogP contribution is -2.25. The summed E-state index contributed by atoms with van der Waals surface area (Å²) in [5, 5.41) is 0. The smallest absolute Gasteiger partial charge is 0.330 e. The van der Waals surface area contributed by atoms with Gasteiger partial charge in [0.1, 0.15) is 0 Å². The van der Waals surface area contributed by atoms with Gasteiger partial charge in [-0.1, -0.05) is 52.0 Å². The van der Waals surface area contributed by atoms with Crippen molar-refractivity contribution in [2.24, 2.45) is 23.7 Å². The molecule has 0 aromatic carbocycles. The molecule has 138 valence electrons. The molecule has 0 radical (unpaired) electrons. The Hall–Kier alpha value is -0.790. The summed E-state index contributed by atoms with van der Waals surface area (Å²) in [7, 11) is 0. The van der Waals surface area contributed by atoms with Crippen LogP contribution in [0.2, 0.25) is 0 Å². The third kappa shape index (κ3) is 6.61. The summed E-state index contributed by atoms with van der Waals surface area (Å²) in [4.78, 5) is 11.6. The van der Waals surface area contributed by atoms with E-state index in [2.05, 4.69) is 19.9 Å². The van der Waals surface area contributed by atoms with Crippen molar-refractivity contribution in [2.45, 2.75) is 90.9 Å². The van der Waals surface area contributed by atoms with Crippen molar-refractivity contribution in [1.82, 2.24) is 0 Å². The largest absolute Gasteiger partial charge is 0.463 e. The summed E-state index contributed by atoms with van der Waals surface area (Å²) in [5.74, 6) is 3.40. The molecule has 2 fully saturated rings. The molecule has 0 heterocycles. The van der Waals surface area contributed by atoms with E-state index in [9.17, 15) is 4.79 Å². The van der Waals surface area contributed by atoms with Crippen molar-refractivity contribution in [2.75, 3.05) is 6.61 Å². The van der Waals surface area contributed by atoms with E-state index in [-0.39, 0.29) is 5.97 Å². The first-order valence-electron chi connectivity index (χ1n) is 10.6. The molecule has 24 heavy (non-hydrogen) atoms. The number of rotatable bonds is 8. The van der Waals surface area contributed by atoms with Gasteiger partial charge in [-0.15, -0.1) is 0 Å². The minimum absolute atomic E-state index is 0.153. The van der Waals surface area contributed by atoms with E-state index >= 15 is 0 Å². The molecule has 0 atom stereocenters. The predicted molar refractivity (Wildman–Crippen MR) is 101 cm³/mol. The lowest BCUT2D eigenvalue weighted by molar-refractivity contribution is -0.137. The van der Waals surface area contributed by atoms with Gasteiger partial charge in [0.25, 0.3) is 0 Å². The molecule has 0 spiro atoms. The Kier molecular flexibility index (Phi) is 8.91. The third-order valence-corrected chi connectivity index (χ3v) is 6.32. The zero-order valence-corrected chi connectivity index (χ0v) is 16.0. The van der Waals surface area contributed by atoms with E-state index in [1.165, 1.54) is 64.2 Å². The molecule has 2 rings (SSSR count). The second-order valence-electron chi connectivity index (χ2n) is 8.12. The minimum atomic E-state index is -0.153. The molecule has 0 saturated heterocycles. The van der Waals surface area contributed by atoms with Crippen LogP contribution in [-0.4, -0.2) is 12.6 Å². The molecule has 0 amide bonds. The summed E-state index contributed by atoms with van der Waals surface area (Å²) in [5.41, 5.74) is 0. The van der Waals surface area contributed by atoms with Crippen LogP contribution in [0.4, 0.5) is 0 Å². The van der Waals surface area contributed by atoms with E-state index in [4.69, 9.17) is 4.74 Å². The first-order valence-corrected chi connectivity index (χ1v) is 10.6. The van der Waals surface area contributed by atoms with Crippen molar-refractivity contribution >= 4 is 5.97 Å². The van der Waals surface area contributed by atoms with Gasteiger partial charge in [-0.05, 0) is 68.6 Å². The molecule has 2 aliphatic rings. The van der Waals surface area contributed by atoms with Gasteiger partial charge >= 0.3 is 5.97 Å². The van der Waals surface area contributed by atoms with Crippen molar-refractivity contribution in [1.29, 1.82) is 0 Å². The third-order valence-electron chi connectivity index (χ3n) is 6.32. The van der Waals surface area contributed by atoms with Gasteiger partial charge in [-0.2, -0.15) is 0 Å². The van der Waals surface area contributed by atoms with Crippen LogP contribution in [0.3, 0.4) is 0 Å². The van der Waals surface area contributed by atoms with Gasteiger partial charge < -0.3 is 4.74 Å². The fourth-order valence-electron chi connectivity index (χ4n) is 4.75. The SMILES string of the molecule is CCCCOC(=O)/C=C/C1CCC(C2CCC(CCC)CC2)CC1. The molecular weight excluding hydrogens is 296 g/mol. The monoisotopic (exact) mass is 334 g/mol. The molecule has 0 bridgehead atoms. The highest BCUT2D eigenvalue weighted by molar-refractivity contribution is 5.81. The van der Waals surface area contributed by atoms with E-state index in [1.54, 1.807) is 6.08 Å². The molecule has 2 heteroatoms. The zero-order chi connectivity index (χ0) is 17.2. The van der Waals surface area contributed by atoms with Crippen LogP contribution in [0.25, 0.3) is 0 Å². The normalized spacial score (nSPS) is 31.2. The van der Waals surface area contributed by atoms with Gasteiger partial charge in [0.05, 0.1) is 6.61 Å². The van der Waals surface area contributed by atoms with E-state index in [0.717, 1.165) is 30.6 Å². The van der Waals surface area contributed by atoms with Crippen LogP contribution < -0.4 is 0 Å². The molecule has 0 aromatic rings. The zero-order valence-electron chi connectivity index (χ0n) is 16.0. The number of esters is 1. The number of carbonyl (C=O) groups excluding carboxylic acids is 1. The lowest BCUT2D eigenvalue weighted by atomic mass is 9.69. The second-order valence-corrected chi connectivity index (χ2v) is 8.12. The molecule has 0 aromatic heterocycles. The molecule has 2 aliphatic carbocycles. The maximum Gasteiger partial charge on any atom is 0.330 e. The van der Waals surface area contributed by atoms with Crippen molar-refractivity contribution in [3.8, 4) is 0 Å². The Morgan fingerprint density at radius 2 is 1.54 bits per heavy atom. The van der Waals surface area contributed by atoms with Gasteiger partial charge in [0, 0.05) is 6.08 Å². The maximum absolute atomic E-state index is 11.6. The number of unbranched alkanes of at least 4 members (excludes halogenated alkanes) is 1. The summed E-state index contributed by atoms with van der Waals surface area (Å²) in [6.45, 7) is 4.99. The number of hydrogen-bond donors (Lipinski definition) is 0. The van der Waals surface area contributed by atoms with Crippen LogP contribution in [0.1, 0.15) is 90.9 Å². The summed E-state index contributed by atoms with van der Waals surface area (Å²) >= 11 is 0. The van der Waals surface area contributed by atoms with Gasteiger partial charge in [0.2, 0.25) is 0 Å². The first kappa shape index (κ1) is 19.5. The average molecular weight is 335 g/mol. The summed E-state index contributed by atoms with van der Waals surface area (Å²) < 4.78 is 5.19. The lowest BCUT2D eigenvalue weighted by Gasteiger charge is -2.37. The van der Waals surface area contributed by atoms with Crippen molar-refractivity contribution in [3.05, 3.63) is 12.2 Å². The van der Waals surface area contributed by atoms with Crippen molar-refractivity contribution < 1.29 is 9.53 Å². The second kappa shape index (κ2) is 10.9. The Balaban J connectivity index is 1.64. The summed E-state index contributed by atoms with van der Waals surface area (Å²) in [6.07, 6.45) is 19.8. The fourth-order valence-corrected chi connectivity index (χ4v) is 4.75. The Morgan fingerprint density at radius 3 is 2.12 bits per heavy atom. The van der Waals surface area contributed by atoms with Crippen LogP contribution in [-0.2, 0) is 9.53 Å². The molecule has 2 saturated carbocycles. The Labute approximate surface area is 149 Å². The molecule has 0 N–H and O–H groups in total. The predicted octanol–water partition coefficient (Wildman–Crippen LogP) is 6.30. The number of hydrogen-bond acceptors (Lipinski definition) is 2.